The highest BCUT2D eigenvalue weighted by atomic mass is 16.1. The van der Waals surface area contributed by atoms with Crippen LogP contribution < -0.4 is 5.32 Å². The van der Waals surface area contributed by atoms with Crippen LogP contribution in [0.4, 0.5) is 0 Å². The molecule has 3 nitrogen and oxygen atoms in total. The minimum atomic E-state index is 0.0936. The molecule has 18 heavy (non-hydrogen) atoms. The molecule has 1 aliphatic rings. The van der Waals surface area contributed by atoms with Gasteiger partial charge in [-0.2, -0.15) is 0 Å². The van der Waals surface area contributed by atoms with E-state index in [1.165, 1.54) is 25.8 Å². The predicted octanol–water partition coefficient (Wildman–Crippen LogP) is 2.66. The van der Waals surface area contributed by atoms with Gasteiger partial charge in [-0.05, 0) is 25.3 Å². The molecule has 1 fully saturated rings. The number of hydrogen-bond acceptors (Lipinski definition) is 2. The highest BCUT2D eigenvalue weighted by molar-refractivity contribution is 5.78. The van der Waals surface area contributed by atoms with Crippen LogP contribution in [0.1, 0.15) is 53.4 Å². The van der Waals surface area contributed by atoms with Crippen molar-refractivity contribution in [2.75, 3.05) is 19.6 Å². The average molecular weight is 254 g/mol. The molecule has 0 aromatic rings. The van der Waals surface area contributed by atoms with Gasteiger partial charge < -0.3 is 10.2 Å². The molecule has 2 unspecified atom stereocenters. The summed E-state index contributed by atoms with van der Waals surface area (Å²) in [6, 6.07) is 0.357. The monoisotopic (exact) mass is 254 g/mol. The van der Waals surface area contributed by atoms with E-state index in [-0.39, 0.29) is 11.8 Å². The third-order valence-electron chi connectivity index (χ3n) is 3.90. The minimum absolute atomic E-state index is 0.0936. The van der Waals surface area contributed by atoms with E-state index in [1.807, 2.05) is 13.8 Å². The number of rotatable bonds is 6. The number of piperidine rings is 1. The van der Waals surface area contributed by atoms with Crippen molar-refractivity contribution in [3.05, 3.63) is 0 Å². The van der Waals surface area contributed by atoms with Gasteiger partial charge in [-0.3, -0.25) is 4.79 Å². The van der Waals surface area contributed by atoms with E-state index in [9.17, 15) is 4.79 Å². The van der Waals surface area contributed by atoms with Crippen molar-refractivity contribution in [3.63, 3.8) is 0 Å². The zero-order chi connectivity index (χ0) is 13.5. The van der Waals surface area contributed by atoms with Crippen LogP contribution in [0.5, 0.6) is 0 Å². The van der Waals surface area contributed by atoms with Crippen molar-refractivity contribution in [1.29, 1.82) is 0 Å². The maximum atomic E-state index is 11.8. The Labute approximate surface area is 112 Å². The molecule has 0 aliphatic carbocycles. The summed E-state index contributed by atoms with van der Waals surface area (Å²) in [5.74, 6) is 1.06. The molecule has 1 aliphatic heterocycles. The lowest BCUT2D eigenvalue weighted by Gasteiger charge is -2.38. The summed E-state index contributed by atoms with van der Waals surface area (Å²) in [5.41, 5.74) is 0. The molecule has 1 N–H and O–H groups in total. The van der Waals surface area contributed by atoms with Crippen molar-refractivity contribution >= 4 is 5.91 Å². The van der Waals surface area contributed by atoms with Crippen LogP contribution in [-0.2, 0) is 4.79 Å². The summed E-state index contributed by atoms with van der Waals surface area (Å²) >= 11 is 0. The Morgan fingerprint density at radius 1 is 1.33 bits per heavy atom. The molecule has 0 saturated carbocycles. The first-order chi connectivity index (χ1) is 8.56. The van der Waals surface area contributed by atoms with Gasteiger partial charge in [0.05, 0.1) is 0 Å². The number of hydrogen-bond donors (Lipinski definition) is 1. The second-order valence-electron chi connectivity index (χ2n) is 5.96. The Morgan fingerprint density at radius 3 is 2.61 bits per heavy atom. The molecule has 1 saturated heterocycles. The zero-order valence-electron chi connectivity index (χ0n) is 12.5. The zero-order valence-corrected chi connectivity index (χ0v) is 12.5. The van der Waals surface area contributed by atoms with Gasteiger partial charge in [0, 0.05) is 25.0 Å². The molecular formula is C15H30N2O. The molecule has 3 heteroatoms. The number of nitrogens with one attached hydrogen (secondary N) is 1. The van der Waals surface area contributed by atoms with Crippen LogP contribution in [0.25, 0.3) is 0 Å². The van der Waals surface area contributed by atoms with Crippen molar-refractivity contribution < 1.29 is 4.79 Å². The van der Waals surface area contributed by atoms with E-state index in [2.05, 4.69) is 24.1 Å². The van der Waals surface area contributed by atoms with Crippen LogP contribution in [-0.4, -0.2) is 36.5 Å². The van der Waals surface area contributed by atoms with Gasteiger partial charge in [0.25, 0.3) is 0 Å². The van der Waals surface area contributed by atoms with E-state index >= 15 is 0 Å². The standard InChI is InChI=1S/C15H30N2O/c1-5-7-8-13-9-14(11-17(6-2)10-13)16-15(18)12(3)4/h12-14H,5-11H2,1-4H3,(H,16,18). The number of amides is 1. The van der Waals surface area contributed by atoms with E-state index in [1.54, 1.807) is 0 Å². The van der Waals surface area contributed by atoms with Crippen molar-refractivity contribution in [1.82, 2.24) is 10.2 Å². The van der Waals surface area contributed by atoms with E-state index < -0.39 is 0 Å². The third-order valence-corrected chi connectivity index (χ3v) is 3.90. The lowest BCUT2D eigenvalue weighted by Crippen LogP contribution is -2.51. The Balaban J connectivity index is 2.48. The summed E-state index contributed by atoms with van der Waals surface area (Å²) in [6.07, 6.45) is 5.05. The Hall–Kier alpha value is -0.570. The van der Waals surface area contributed by atoms with Gasteiger partial charge in [0.15, 0.2) is 0 Å². The van der Waals surface area contributed by atoms with Gasteiger partial charge >= 0.3 is 0 Å². The molecule has 0 aromatic carbocycles. The van der Waals surface area contributed by atoms with E-state index in [0.29, 0.717) is 6.04 Å². The second-order valence-corrected chi connectivity index (χ2v) is 5.96. The fourth-order valence-electron chi connectivity index (χ4n) is 2.74. The van der Waals surface area contributed by atoms with Crippen molar-refractivity contribution in [2.24, 2.45) is 11.8 Å². The number of unbranched alkanes of at least 4 members (excludes halogenated alkanes) is 1. The molecule has 0 bridgehead atoms. The maximum absolute atomic E-state index is 11.8. The fraction of sp³-hybridized carbons (Fsp3) is 0.933. The Morgan fingerprint density at radius 2 is 2.06 bits per heavy atom. The Kier molecular flexibility index (Phi) is 6.69. The van der Waals surface area contributed by atoms with E-state index in [4.69, 9.17) is 0 Å². The molecule has 1 amide bonds. The van der Waals surface area contributed by atoms with Crippen LogP contribution in [0.15, 0.2) is 0 Å². The number of likely N-dealkylation sites (tertiary alicyclic amines) is 1. The van der Waals surface area contributed by atoms with Crippen molar-refractivity contribution in [2.45, 2.75) is 59.4 Å². The highest BCUT2D eigenvalue weighted by Crippen LogP contribution is 2.22. The normalized spacial score (nSPS) is 25.4. The topological polar surface area (TPSA) is 32.3 Å². The third kappa shape index (κ3) is 4.97. The largest absolute Gasteiger partial charge is 0.352 e. The number of likely N-dealkylation sites (N-methyl/N-ethyl adjacent to an activating group) is 1. The molecule has 1 heterocycles. The summed E-state index contributed by atoms with van der Waals surface area (Å²) in [5, 5.41) is 3.21. The molecule has 2 atom stereocenters. The smallest absolute Gasteiger partial charge is 0.222 e. The van der Waals surface area contributed by atoms with Crippen LogP contribution >= 0.6 is 0 Å². The molecule has 1 rings (SSSR count). The Bertz CT molecular complexity index is 253. The maximum Gasteiger partial charge on any atom is 0.222 e. The van der Waals surface area contributed by atoms with Gasteiger partial charge in [-0.25, -0.2) is 0 Å². The second kappa shape index (κ2) is 7.78. The van der Waals surface area contributed by atoms with Crippen LogP contribution in [0, 0.1) is 11.8 Å². The molecule has 0 aromatic heterocycles. The first-order valence-electron chi connectivity index (χ1n) is 7.59. The first kappa shape index (κ1) is 15.5. The minimum Gasteiger partial charge on any atom is -0.352 e. The molecular weight excluding hydrogens is 224 g/mol. The van der Waals surface area contributed by atoms with Crippen molar-refractivity contribution in [3.8, 4) is 0 Å². The highest BCUT2D eigenvalue weighted by Gasteiger charge is 2.27. The van der Waals surface area contributed by atoms with Gasteiger partial charge in [-0.1, -0.05) is 40.5 Å². The quantitative estimate of drug-likeness (QED) is 0.790. The van der Waals surface area contributed by atoms with Crippen LogP contribution in [0.2, 0.25) is 0 Å². The summed E-state index contributed by atoms with van der Waals surface area (Å²) < 4.78 is 0. The predicted molar refractivity (Wildman–Crippen MR) is 76.5 cm³/mol. The lowest BCUT2D eigenvalue weighted by atomic mass is 9.89. The SMILES string of the molecule is CCCCC1CC(NC(=O)C(C)C)CN(CC)C1. The van der Waals surface area contributed by atoms with Crippen LogP contribution in [0.3, 0.4) is 0 Å². The number of carbonyl (C=O) groups is 1. The first-order valence-corrected chi connectivity index (χ1v) is 7.59. The summed E-state index contributed by atoms with van der Waals surface area (Å²) in [7, 11) is 0. The lowest BCUT2D eigenvalue weighted by molar-refractivity contribution is -0.125. The van der Waals surface area contributed by atoms with Gasteiger partial charge in [0.2, 0.25) is 5.91 Å². The summed E-state index contributed by atoms with van der Waals surface area (Å²) in [6.45, 7) is 11.7. The number of carbonyl (C=O) groups excluding carboxylic acids is 1. The van der Waals surface area contributed by atoms with Gasteiger partial charge in [-0.15, -0.1) is 0 Å². The number of nitrogens with zero attached hydrogens (tertiary/aromatic N) is 1. The van der Waals surface area contributed by atoms with E-state index in [0.717, 1.165) is 25.4 Å². The molecule has 106 valence electrons. The fourth-order valence-corrected chi connectivity index (χ4v) is 2.74. The van der Waals surface area contributed by atoms with Gasteiger partial charge in [0.1, 0.15) is 0 Å². The summed E-state index contributed by atoms with van der Waals surface area (Å²) in [4.78, 5) is 14.3. The molecule has 0 spiro atoms. The average Bonchev–Trinajstić information content (AvgIpc) is 2.35. The molecule has 0 radical (unpaired) electrons.